The molecule has 0 saturated heterocycles. The van der Waals surface area contributed by atoms with Gasteiger partial charge in [-0.05, 0) is 37.1 Å². The zero-order valence-electron chi connectivity index (χ0n) is 12.6. The van der Waals surface area contributed by atoms with Gasteiger partial charge in [-0.1, -0.05) is 26.0 Å². The van der Waals surface area contributed by atoms with Crippen LogP contribution in [0.1, 0.15) is 44.7 Å². The lowest BCUT2D eigenvalue weighted by Gasteiger charge is -2.17. The van der Waals surface area contributed by atoms with Crippen molar-refractivity contribution in [3.63, 3.8) is 0 Å². The largest absolute Gasteiger partial charge is 0.469 e. The number of ether oxygens (including phenoxy) is 1. The number of rotatable bonds is 9. The third-order valence-electron chi connectivity index (χ3n) is 3.13. The summed E-state index contributed by atoms with van der Waals surface area (Å²) in [7, 11) is 1.43. The second-order valence-corrected chi connectivity index (χ2v) is 5.83. The van der Waals surface area contributed by atoms with Gasteiger partial charge in [-0.15, -0.1) is 11.8 Å². The first kappa shape index (κ1) is 17.1. The maximum atomic E-state index is 11.0. The molecule has 1 rings (SSSR count). The monoisotopic (exact) mass is 295 g/mol. The lowest BCUT2D eigenvalue weighted by Crippen LogP contribution is -2.21. The lowest BCUT2D eigenvalue weighted by molar-refractivity contribution is -0.140. The first-order valence-electron chi connectivity index (χ1n) is 7.24. The minimum atomic E-state index is -0.149. The van der Waals surface area contributed by atoms with Crippen LogP contribution in [0.5, 0.6) is 0 Å². The Hall–Kier alpha value is -1.00. The highest BCUT2D eigenvalue weighted by molar-refractivity contribution is 7.99. The van der Waals surface area contributed by atoms with E-state index >= 15 is 0 Å². The van der Waals surface area contributed by atoms with Gasteiger partial charge in [0.25, 0.3) is 0 Å². The number of nitrogens with one attached hydrogen (secondary N) is 1. The van der Waals surface area contributed by atoms with Crippen LogP contribution >= 0.6 is 11.8 Å². The third-order valence-corrected chi connectivity index (χ3v) is 4.15. The standard InChI is InChI=1S/C16H25NO2S/c1-4-11-17-15(5-2)13-6-8-14(9-7-13)20-12-10-16(18)19-3/h6-9,15,17H,4-5,10-12H2,1-3H3. The molecule has 0 bridgehead atoms. The molecule has 0 heterocycles. The van der Waals surface area contributed by atoms with Crippen LogP contribution in [-0.4, -0.2) is 25.4 Å². The second kappa shape index (κ2) is 9.83. The highest BCUT2D eigenvalue weighted by Crippen LogP contribution is 2.23. The number of esters is 1. The summed E-state index contributed by atoms with van der Waals surface area (Å²) in [5, 5.41) is 3.55. The van der Waals surface area contributed by atoms with Crippen LogP contribution < -0.4 is 5.32 Å². The normalized spacial score (nSPS) is 12.2. The summed E-state index contributed by atoms with van der Waals surface area (Å²) in [6, 6.07) is 9.06. The fourth-order valence-corrected chi connectivity index (χ4v) is 2.80. The van der Waals surface area contributed by atoms with Gasteiger partial charge in [0.2, 0.25) is 0 Å². The number of hydrogen-bond acceptors (Lipinski definition) is 4. The Balaban J connectivity index is 2.48. The van der Waals surface area contributed by atoms with Crippen molar-refractivity contribution in [3.05, 3.63) is 29.8 Å². The van der Waals surface area contributed by atoms with Gasteiger partial charge in [-0.25, -0.2) is 0 Å². The molecule has 0 aromatic heterocycles. The molecule has 0 spiro atoms. The van der Waals surface area contributed by atoms with Gasteiger partial charge in [0.05, 0.1) is 13.5 Å². The van der Waals surface area contributed by atoms with Gasteiger partial charge in [-0.2, -0.15) is 0 Å². The first-order valence-corrected chi connectivity index (χ1v) is 8.22. The Morgan fingerprint density at radius 2 is 2.00 bits per heavy atom. The molecule has 0 radical (unpaired) electrons. The predicted molar refractivity (Wildman–Crippen MR) is 85.1 cm³/mol. The minimum absolute atomic E-state index is 0.149. The van der Waals surface area contributed by atoms with Crippen LogP contribution in [0.3, 0.4) is 0 Å². The molecule has 1 atom stereocenters. The predicted octanol–water partition coefficient (Wildman–Crippen LogP) is 3.79. The molecular formula is C16H25NO2S. The van der Waals surface area contributed by atoms with Gasteiger partial charge < -0.3 is 10.1 Å². The number of hydrogen-bond donors (Lipinski definition) is 1. The molecule has 0 aliphatic heterocycles. The number of carbonyl (C=O) groups excluding carboxylic acids is 1. The smallest absolute Gasteiger partial charge is 0.306 e. The van der Waals surface area contributed by atoms with E-state index < -0.39 is 0 Å². The van der Waals surface area contributed by atoms with E-state index in [1.54, 1.807) is 11.8 Å². The molecule has 0 saturated carbocycles. The van der Waals surface area contributed by atoms with Crippen LogP contribution in [0, 0.1) is 0 Å². The van der Waals surface area contributed by atoms with Gasteiger partial charge in [0.15, 0.2) is 0 Å². The van der Waals surface area contributed by atoms with Crippen molar-refractivity contribution >= 4 is 17.7 Å². The third kappa shape index (κ3) is 5.97. The molecule has 1 N–H and O–H groups in total. The maximum Gasteiger partial charge on any atom is 0.306 e. The number of thioether (sulfide) groups is 1. The lowest BCUT2D eigenvalue weighted by atomic mass is 10.0. The minimum Gasteiger partial charge on any atom is -0.469 e. The Kier molecular flexibility index (Phi) is 8.38. The van der Waals surface area contributed by atoms with E-state index in [-0.39, 0.29) is 5.97 Å². The number of benzene rings is 1. The van der Waals surface area contributed by atoms with E-state index in [2.05, 4.69) is 48.2 Å². The Labute approximate surface area is 126 Å². The van der Waals surface area contributed by atoms with Crippen molar-refractivity contribution in [3.8, 4) is 0 Å². The van der Waals surface area contributed by atoms with Crippen molar-refractivity contribution in [2.24, 2.45) is 0 Å². The van der Waals surface area contributed by atoms with Crippen molar-refractivity contribution in [2.75, 3.05) is 19.4 Å². The van der Waals surface area contributed by atoms with E-state index in [0.29, 0.717) is 12.5 Å². The average Bonchev–Trinajstić information content (AvgIpc) is 2.49. The highest BCUT2D eigenvalue weighted by atomic mass is 32.2. The topological polar surface area (TPSA) is 38.3 Å². The summed E-state index contributed by atoms with van der Waals surface area (Å²) in [6.07, 6.45) is 2.70. The molecule has 0 aliphatic carbocycles. The molecule has 1 unspecified atom stereocenters. The summed E-state index contributed by atoms with van der Waals surface area (Å²) < 4.78 is 4.63. The highest BCUT2D eigenvalue weighted by Gasteiger charge is 2.08. The molecule has 0 aliphatic rings. The average molecular weight is 295 g/mol. The fourth-order valence-electron chi connectivity index (χ4n) is 1.97. The number of methoxy groups -OCH3 is 1. The van der Waals surface area contributed by atoms with E-state index in [4.69, 9.17) is 0 Å². The van der Waals surface area contributed by atoms with E-state index in [0.717, 1.165) is 25.1 Å². The van der Waals surface area contributed by atoms with Gasteiger partial charge in [0, 0.05) is 16.7 Å². The summed E-state index contributed by atoms with van der Waals surface area (Å²) in [5.74, 6) is 0.612. The zero-order chi connectivity index (χ0) is 14.8. The second-order valence-electron chi connectivity index (χ2n) is 4.66. The molecular weight excluding hydrogens is 270 g/mol. The van der Waals surface area contributed by atoms with Crippen LogP contribution in [0.2, 0.25) is 0 Å². The summed E-state index contributed by atoms with van der Waals surface area (Å²) in [6.45, 7) is 5.43. The number of carbonyl (C=O) groups is 1. The van der Waals surface area contributed by atoms with Crippen molar-refractivity contribution in [2.45, 2.75) is 44.0 Å². The quantitative estimate of drug-likeness (QED) is 0.555. The molecule has 4 heteroatoms. The summed E-state index contributed by atoms with van der Waals surface area (Å²) in [5.41, 5.74) is 1.33. The fraction of sp³-hybridized carbons (Fsp3) is 0.562. The van der Waals surface area contributed by atoms with Gasteiger partial charge in [0.1, 0.15) is 0 Å². The molecule has 112 valence electrons. The van der Waals surface area contributed by atoms with E-state index in [9.17, 15) is 4.79 Å². The van der Waals surface area contributed by atoms with Gasteiger partial charge >= 0.3 is 5.97 Å². The molecule has 1 aromatic rings. The molecule has 0 fully saturated rings. The first-order chi connectivity index (χ1) is 9.71. The molecule has 3 nitrogen and oxygen atoms in total. The zero-order valence-corrected chi connectivity index (χ0v) is 13.5. The van der Waals surface area contributed by atoms with Gasteiger partial charge in [-0.3, -0.25) is 4.79 Å². The van der Waals surface area contributed by atoms with Crippen molar-refractivity contribution in [1.29, 1.82) is 0 Å². The van der Waals surface area contributed by atoms with Crippen LogP contribution in [0.15, 0.2) is 29.2 Å². The summed E-state index contributed by atoms with van der Waals surface area (Å²) in [4.78, 5) is 12.2. The Bertz CT molecular complexity index is 392. The van der Waals surface area contributed by atoms with Crippen LogP contribution in [0.4, 0.5) is 0 Å². The Morgan fingerprint density at radius 3 is 2.55 bits per heavy atom. The van der Waals surface area contributed by atoms with Crippen molar-refractivity contribution in [1.82, 2.24) is 5.32 Å². The Morgan fingerprint density at radius 1 is 1.30 bits per heavy atom. The maximum absolute atomic E-state index is 11.0. The molecule has 0 amide bonds. The molecule has 20 heavy (non-hydrogen) atoms. The SMILES string of the molecule is CCCNC(CC)c1ccc(SCCC(=O)OC)cc1. The van der Waals surface area contributed by atoms with E-state index in [1.807, 2.05) is 0 Å². The van der Waals surface area contributed by atoms with E-state index in [1.165, 1.54) is 17.6 Å². The molecule has 1 aromatic carbocycles. The summed E-state index contributed by atoms with van der Waals surface area (Å²) >= 11 is 1.69. The van der Waals surface area contributed by atoms with Crippen molar-refractivity contribution < 1.29 is 9.53 Å². The van der Waals surface area contributed by atoms with Crippen LogP contribution in [-0.2, 0) is 9.53 Å². The van der Waals surface area contributed by atoms with Crippen LogP contribution in [0.25, 0.3) is 0 Å².